The molecule has 0 amide bonds. The summed E-state index contributed by atoms with van der Waals surface area (Å²) in [5, 5.41) is 0.407. The second-order valence-corrected chi connectivity index (χ2v) is 8.05. The Balaban J connectivity index is 1.93. The van der Waals surface area contributed by atoms with Gasteiger partial charge in [-0.3, -0.25) is 4.79 Å². The molecule has 1 aliphatic rings. The van der Waals surface area contributed by atoms with E-state index in [1.54, 1.807) is 49.6 Å². The Morgan fingerprint density at radius 1 is 1.23 bits per heavy atom. The molecule has 0 fully saturated rings. The van der Waals surface area contributed by atoms with E-state index in [1.165, 1.54) is 11.8 Å². The number of fused-ring (bicyclic) bond motifs is 1. The minimum Gasteiger partial charge on any atom is -0.496 e. The highest BCUT2D eigenvalue weighted by molar-refractivity contribution is 8.14. The molecule has 1 heterocycles. The number of hydrogen-bond donors (Lipinski definition) is 0. The van der Waals surface area contributed by atoms with Crippen molar-refractivity contribution in [2.75, 3.05) is 18.6 Å². The zero-order chi connectivity index (χ0) is 18.7. The lowest BCUT2D eigenvalue weighted by molar-refractivity contribution is 0.112. The molecule has 0 atom stereocenters. The van der Waals surface area contributed by atoms with E-state index in [1.807, 2.05) is 11.8 Å². The lowest BCUT2D eigenvalue weighted by Gasteiger charge is -2.29. The van der Waals surface area contributed by atoms with Crippen molar-refractivity contribution in [2.45, 2.75) is 17.6 Å². The monoisotopic (exact) mass is 390 g/mol. The van der Waals surface area contributed by atoms with Gasteiger partial charge >= 0.3 is 0 Å². The number of hydrogen-bond acceptors (Lipinski definition) is 6. The molecule has 3 rings (SSSR count). The van der Waals surface area contributed by atoms with Gasteiger partial charge in [-0.1, -0.05) is 23.9 Å². The normalized spacial score (nSPS) is 15.2. The van der Waals surface area contributed by atoms with E-state index in [-0.39, 0.29) is 4.90 Å². The average molecular weight is 390 g/mol. The second kappa shape index (κ2) is 7.51. The van der Waals surface area contributed by atoms with Gasteiger partial charge in [0.25, 0.3) is 10.0 Å². The van der Waals surface area contributed by atoms with Gasteiger partial charge in [-0.25, -0.2) is 0 Å². The number of rotatable bonds is 5. The Morgan fingerprint density at radius 2 is 2.00 bits per heavy atom. The number of anilines is 1. The van der Waals surface area contributed by atoms with Crippen LogP contribution in [-0.2, 0) is 15.8 Å². The number of carbonyl (C=O) groups excluding carboxylic acids is 1. The first-order valence-electron chi connectivity index (χ1n) is 7.96. The Bertz CT molecular complexity index is 971. The SMILES string of the molecule is CCN1C(SCc2cc(C=O)ccc2OC)=NS(=O)(=O)c2ccccc21. The van der Waals surface area contributed by atoms with Gasteiger partial charge in [-0.15, -0.1) is 4.40 Å². The number of sulfonamides is 1. The van der Waals surface area contributed by atoms with Crippen molar-refractivity contribution in [3.63, 3.8) is 0 Å². The molecule has 0 spiro atoms. The van der Waals surface area contributed by atoms with Gasteiger partial charge in [0.15, 0.2) is 5.17 Å². The molecule has 0 saturated carbocycles. The van der Waals surface area contributed by atoms with Crippen LogP contribution in [0.4, 0.5) is 5.69 Å². The number of ether oxygens (including phenoxy) is 1. The minimum absolute atomic E-state index is 0.215. The first kappa shape index (κ1) is 18.5. The van der Waals surface area contributed by atoms with Crippen LogP contribution < -0.4 is 9.64 Å². The van der Waals surface area contributed by atoms with Crippen LogP contribution in [0, 0.1) is 0 Å². The van der Waals surface area contributed by atoms with Gasteiger partial charge in [-0.2, -0.15) is 8.42 Å². The van der Waals surface area contributed by atoms with Crippen molar-refractivity contribution < 1.29 is 17.9 Å². The first-order valence-corrected chi connectivity index (χ1v) is 10.4. The molecule has 0 unspecified atom stereocenters. The summed E-state index contributed by atoms with van der Waals surface area (Å²) in [6.45, 7) is 2.53. The summed E-state index contributed by atoms with van der Waals surface area (Å²) in [5.74, 6) is 1.07. The Kier molecular flexibility index (Phi) is 5.33. The third-order valence-corrected chi connectivity index (χ3v) is 6.43. The van der Waals surface area contributed by atoms with E-state index >= 15 is 0 Å². The fourth-order valence-corrected chi connectivity index (χ4v) is 5.23. The molecule has 0 N–H and O–H groups in total. The largest absolute Gasteiger partial charge is 0.496 e. The molecule has 0 radical (unpaired) electrons. The summed E-state index contributed by atoms with van der Waals surface area (Å²) in [6.07, 6.45) is 0.769. The van der Waals surface area contributed by atoms with E-state index in [0.29, 0.717) is 34.5 Å². The maximum atomic E-state index is 12.5. The summed E-state index contributed by atoms with van der Waals surface area (Å²) in [6, 6.07) is 12.0. The molecular formula is C18H18N2O4S2. The zero-order valence-electron chi connectivity index (χ0n) is 14.4. The smallest absolute Gasteiger partial charge is 0.286 e. The molecule has 8 heteroatoms. The molecule has 0 bridgehead atoms. The molecule has 2 aromatic rings. The predicted octanol–water partition coefficient (Wildman–Crippen LogP) is 3.33. The maximum absolute atomic E-state index is 12.5. The van der Waals surface area contributed by atoms with Crippen molar-refractivity contribution in [2.24, 2.45) is 4.40 Å². The third-order valence-electron chi connectivity index (χ3n) is 3.98. The zero-order valence-corrected chi connectivity index (χ0v) is 16.0. The number of benzene rings is 2. The number of carbonyl (C=O) groups is 1. The molecule has 26 heavy (non-hydrogen) atoms. The molecule has 136 valence electrons. The van der Waals surface area contributed by atoms with Crippen LogP contribution in [0.15, 0.2) is 51.8 Å². The van der Waals surface area contributed by atoms with Crippen molar-refractivity contribution in [3.05, 3.63) is 53.6 Å². The summed E-state index contributed by atoms with van der Waals surface area (Å²) >= 11 is 1.30. The fraction of sp³-hybridized carbons (Fsp3) is 0.222. The Labute approximate surface area is 156 Å². The Hall–Kier alpha value is -2.32. The topological polar surface area (TPSA) is 76.0 Å². The lowest BCUT2D eigenvalue weighted by atomic mass is 10.1. The third kappa shape index (κ3) is 3.47. The van der Waals surface area contributed by atoms with Gasteiger partial charge in [0.2, 0.25) is 0 Å². The molecular weight excluding hydrogens is 372 g/mol. The van der Waals surface area contributed by atoms with Crippen LogP contribution in [-0.4, -0.2) is 33.5 Å². The van der Waals surface area contributed by atoms with Crippen molar-refractivity contribution in [1.82, 2.24) is 0 Å². The van der Waals surface area contributed by atoms with Crippen LogP contribution in [0.2, 0.25) is 0 Å². The highest BCUT2D eigenvalue weighted by Crippen LogP contribution is 2.35. The van der Waals surface area contributed by atoms with Crippen LogP contribution in [0.3, 0.4) is 0 Å². The Morgan fingerprint density at radius 3 is 2.69 bits per heavy atom. The maximum Gasteiger partial charge on any atom is 0.286 e. The number of amidine groups is 1. The summed E-state index contributed by atoms with van der Waals surface area (Å²) < 4.78 is 34.3. The quantitative estimate of drug-likeness (QED) is 0.729. The number of methoxy groups -OCH3 is 1. The molecule has 2 aromatic carbocycles. The van der Waals surface area contributed by atoms with E-state index in [2.05, 4.69) is 4.40 Å². The second-order valence-electron chi connectivity index (χ2n) is 5.54. The van der Waals surface area contributed by atoms with Crippen LogP contribution in [0.25, 0.3) is 0 Å². The summed E-state index contributed by atoms with van der Waals surface area (Å²) in [5.41, 5.74) is 1.97. The van der Waals surface area contributed by atoms with Gasteiger partial charge in [0.05, 0.1) is 12.8 Å². The van der Waals surface area contributed by atoms with Crippen molar-refractivity contribution >= 4 is 38.9 Å². The van der Waals surface area contributed by atoms with Crippen LogP contribution >= 0.6 is 11.8 Å². The van der Waals surface area contributed by atoms with Gasteiger partial charge in [-0.05, 0) is 37.3 Å². The van der Waals surface area contributed by atoms with E-state index < -0.39 is 10.0 Å². The van der Waals surface area contributed by atoms with Crippen molar-refractivity contribution in [3.8, 4) is 5.75 Å². The number of aldehydes is 1. The highest BCUT2D eigenvalue weighted by Gasteiger charge is 2.30. The summed E-state index contributed by atoms with van der Waals surface area (Å²) in [7, 11) is -2.17. The molecule has 1 aliphatic heterocycles. The predicted molar refractivity (Wildman–Crippen MR) is 104 cm³/mol. The van der Waals surface area contributed by atoms with E-state index in [9.17, 15) is 13.2 Å². The number of para-hydroxylation sites is 1. The summed E-state index contributed by atoms with van der Waals surface area (Å²) in [4.78, 5) is 13.1. The first-order chi connectivity index (χ1) is 12.5. The van der Waals surface area contributed by atoms with Crippen LogP contribution in [0.1, 0.15) is 22.8 Å². The minimum atomic E-state index is -3.73. The van der Waals surface area contributed by atoms with Gasteiger partial charge < -0.3 is 9.64 Å². The molecule has 6 nitrogen and oxygen atoms in total. The number of thioether (sulfide) groups is 1. The van der Waals surface area contributed by atoms with Gasteiger partial charge in [0.1, 0.15) is 16.9 Å². The molecule has 0 aliphatic carbocycles. The van der Waals surface area contributed by atoms with E-state index in [0.717, 1.165) is 11.8 Å². The number of nitrogens with zero attached hydrogens (tertiary/aromatic N) is 2. The van der Waals surface area contributed by atoms with Crippen molar-refractivity contribution in [1.29, 1.82) is 0 Å². The highest BCUT2D eigenvalue weighted by atomic mass is 32.2. The standard InChI is InChI=1S/C18H18N2O4S2/c1-3-20-15-6-4-5-7-17(15)26(22,23)19-18(20)25-12-14-10-13(11-21)8-9-16(14)24-2/h4-11H,3,12H2,1-2H3. The molecule has 0 saturated heterocycles. The van der Waals surface area contributed by atoms with E-state index in [4.69, 9.17) is 4.74 Å². The molecule has 0 aromatic heterocycles. The lowest BCUT2D eigenvalue weighted by Crippen LogP contribution is -2.33. The average Bonchev–Trinajstić information content (AvgIpc) is 2.66. The van der Waals surface area contributed by atoms with Gasteiger partial charge in [0, 0.05) is 23.4 Å². The van der Waals surface area contributed by atoms with Crippen LogP contribution in [0.5, 0.6) is 5.75 Å². The fourth-order valence-electron chi connectivity index (χ4n) is 2.74.